The number of hydrogen-bond acceptors (Lipinski definition) is 2. The molecular formula is C15H28N2OS. The monoisotopic (exact) mass is 284 g/mol. The number of nitrogens with two attached hydrogens (primary N) is 1. The zero-order valence-corrected chi connectivity index (χ0v) is 13.2. The third-order valence-electron chi connectivity index (χ3n) is 4.23. The molecule has 0 saturated heterocycles. The molecule has 4 heteroatoms. The van der Waals surface area contributed by atoms with E-state index in [1.54, 1.807) is 0 Å². The molecule has 0 aromatic heterocycles. The van der Waals surface area contributed by atoms with Gasteiger partial charge in [-0.2, -0.15) is 0 Å². The lowest BCUT2D eigenvalue weighted by Gasteiger charge is -2.35. The molecule has 0 spiro atoms. The number of carbonyl (C=O) groups excluding carboxylic acids is 1. The summed E-state index contributed by atoms with van der Waals surface area (Å²) in [4.78, 5) is 12.9. The highest BCUT2D eigenvalue weighted by Crippen LogP contribution is 2.37. The SMILES string of the molecule is CCCCCC(C)NC(=O)C1(C(N)=S)CCCCC1. The summed E-state index contributed by atoms with van der Waals surface area (Å²) in [5, 5.41) is 3.12. The predicted molar refractivity (Wildman–Crippen MR) is 84.1 cm³/mol. The quantitative estimate of drug-likeness (QED) is 0.557. The van der Waals surface area contributed by atoms with Crippen molar-refractivity contribution in [1.29, 1.82) is 0 Å². The zero-order chi connectivity index (χ0) is 14.3. The van der Waals surface area contributed by atoms with E-state index in [1.807, 2.05) is 0 Å². The van der Waals surface area contributed by atoms with Gasteiger partial charge < -0.3 is 11.1 Å². The number of carbonyl (C=O) groups is 1. The van der Waals surface area contributed by atoms with Gasteiger partial charge >= 0.3 is 0 Å². The molecule has 1 rings (SSSR count). The molecule has 1 saturated carbocycles. The van der Waals surface area contributed by atoms with E-state index in [-0.39, 0.29) is 11.9 Å². The average molecular weight is 284 g/mol. The van der Waals surface area contributed by atoms with Gasteiger partial charge in [0.05, 0.1) is 10.4 Å². The molecule has 3 nitrogen and oxygen atoms in total. The van der Waals surface area contributed by atoms with Crippen molar-refractivity contribution < 1.29 is 4.79 Å². The summed E-state index contributed by atoms with van der Waals surface area (Å²) in [5.74, 6) is 0.0590. The van der Waals surface area contributed by atoms with Gasteiger partial charge in [-0.25, -0.2) is 0 Å². The van der Waals surface area contributed by atoms with Crippen molar-refractivity contribution in [3.05, 3.63) is 0 Å². The minimum atomic E-state index is -0.577. The number of nitrogens with one attached hydrogen (secondary N) is 1. The van der Waals surface area contributed by atoms with E-state index in [0.29, 0.717) is 4.99 Å². The fraction of sp³-hybridized carbons (Fsp3) is 0.867. The lowest BCUT2D eigenvalue weighted by Crippen LogP contribution is -2.52. The molecule has 110 valence electrons. The molecule has 0 bridgehead atoms. The number of thiocarbonyl (C=S) groups is 1. The summed E-state index contributed by atoms with van der Waals surface area (Å²) in [6, 6.07) is 0.215. The smallest absolute Gasteiger partial charge is 0.233 e. The van der Waals surface area contributed by atoms with Gasteiger partial charge in [0.25, 0.3) is 0 Å². The summed E-state index contributed by atoms with van der Waals surface area (Å²) < 4.78 is 0. The zero-order valence-electron chi connectivity index (χ0n) is 12.3. The Labute approximate surface area is 122 Å². The molecule has 19 heavy (non-hydrogen) atoms. The minimum absolute atomic E-state index is 0.0590. The molecule has 0 aromatic carbocycles. The Kier molecular flexibility index (Phi) is 6.76. The maximum atomic E-state index is 12.5. The topological polar surface area (TPSA) is 55.1 Å². The van der Waals surface area contributed by atoms with Crippen LogP contribution in [0.2, 0.25) is 0 Å². The Morgan fingerprint density at radius 3 is 2.47 bits per heavy atom. The largest absolute Gasteiger partial charge is 0.392 e. The van der Waals surface area contributed by atoms with Crippen LogP contribution < -0.4 is 11.1 Å². The molecule has 0 heterocycles. The van der Waals surface area contributed by atoms with Crippen LogP contribution in [0, 0.1) is 5.41 Å². The Morgan fingerprint density at radius 1 is 1.32 bits per heavy atom. The third kappa shape index (κ3) is 4.44. The number of rotatable bonds is 7. The van der Waals surface area contributed by atoms with Gasteiger partial charge in [-0.05, 0) is 26.2 Å². The molecule has 1 aliphatic rings. The van der Waals surface area contributed by atoms with Crippen molar-refractivity contribution in [3.8, 4) is 0 Å². The van der Waals surface area contributed by atoms with Crippen LogP contribution >= 0.6 is 12.2 Å². The van der Waals surface area contributed by atoms with E-state index >= 15 is 0 Å². The number of hydrogen-bond donors (Lipinski definition) is 2. The van der Waals surface area contributed by atoms with Crippen molar-refractivity contribution >= 4 is 23.1 Å². The van der Waals surface area contributed by atoms with Crippen LogP contribution in [0.15, 0.2) is 0 Å². The first-order valence-electron chi connectivity index (χ1n) is 7.64. The van der Waals surface area contributed by atoms with Crippen LogP contribution in [-0.4, -0.2) is 16.9 Å². The highest BCUT2D eigenvalue weighted by Gasteiger charge is 2.42. The Morgan fingerprint density at radius 2 is 1.95 bits per heavy atom. The second-order valence-corrected chi connectivity index (χ2v) is 6.32. The molecule has 1 fully saturated rings. The van der Waals surface area contributed by atoms with Crippen LogP contribution in [0.5, 0.6) is 0 Å². The van der Waals surface area contributed by atoms with Crippen molar-refractivity contribution in [2.45, 2.75) is 77.7 Å². The fourth-order valence-corrected chi connectivity index (χ4v) is 3.17. The third-order valence-corrected chi connectivity index (χ3v) is 4.62. The summed E-state index contributed by atoms with van der Waals surface area (Å²) >= 11 is 5.18. The average Bonchev–Trinajstić information content (AvgIpc) is 2.39. The fourth-order valence-electron chi connectivity index (χ4n) is 2.88. The Bertz CT molecular complexity index is 311. The maximum absolute atomic E-state index is 12.5. The highest BCUT2D eigenvalue weighted by atomic mass is 32.1. The van der Waals surface area contributed by atoms with E-state index in [0.717, 1.165) is 38.5 Å². The summed E-state index contributed by atoms with van der Waals surface area (Å²) in [5.41, 5.74) is 5.29. The van der Waals surface area contributed by atoms with Crippen LogP contribution in [-0.2, 0) is 4.79 Å². The molecule has 0 aliphatic heterocycles. The first kappa shape index (κ1) is 16.4. The van der Waals surface area contributed by atoms with Crippen molar-refractivity contribution in [2.24, 2.45) is 11.1 Å². The molecule has 0 radical (unpaired) electrons. The Balaban J connectivity index is 2.55. The summed E-state index contributed by atoms with van der Waals surface area (Å²) in [6.07, 6.45) is 9.54. The first-order chi connectivity index (χ1) is 9.03. The van der Waals surface area contributed by atoms with Crippen LogP contribution in [0.1, 0.15) is 71.6 Å². The van der Waals surface area contributed by atoms with Crippen LogP contribution in [0.25, 0.3) is 0 Å². The molecule has 1 unspecified atom stereocenters. The Hall–Kier alpha value is -0.640. The lowest BCUT2D eigenvalue weighted by atomic mass is 9.73. The van der Waals surface area contributed by atoms with E-state index in [2.05, 4.69) is 19.2 Å². The summed E-state index contributed by atoms with van der Waals surface area (Å²) in [6.45, 7) is 4.26. The van der Waals surface area contributed by atoms with Crippen LogP contribution in [0.4, 0.5) is 0 Å². The first-order valence-corrected chi connectivity index (χ1v) is 8.04. The van der Waals surface area contributed by atoms with E-state index in [1.165, 1.54) is 19.3 Å². The summed E-state index contributed by atoms with van der Waals surface area (Å²) in [7, 11) is 0. The van der Waals surface area contributed by atoms with E-state index < -0.39 is 5.41 Å². The molecule has 1 aliphatic carbocycles. The van der Waals surface area contributed by atoms with E-state index in [4.69, 9.17) is 18.0 Å². The van der Waals surface area contributed by atoms with Gasteiger partial charge in [-0.15, -0.1) is 0 Å². The van der Waals surface area contributed by atoms with Gasteiger partial charge in [-0.1, -0.05) is 57.7 Å². The molecular weight excluding hydrogens is 256 g/mol. The van der Waals surface area contributed by atoms with Crippen molar-refractivity contribution in [3.63, 3.8) is 0 Å². The van der Waals surface area contributed by atoms with Gasteiger partial charge in [0, 0.05) is 6.04 Å². The molecule has 0 aromatic rings. The van der Waals surface area contributed by atoms with Crippen LogP contribution in [0.3, 0.4) is 0 Å². The van der Waals surface area contributed by atoms with Crippen molar-refractivity contribution in [1.82, 2.24) is 5.32 Å². The maximum Gasteiger partial charge on any atom is 0.233 e. The normalized spacial score (nSPS) is 19.7. The van der Waals surface area contributed by atoms with E-state index in [9.17, 15) is 4.79 Å². The molecule has 3 N–H and O–H groups in total. The highest BCUT2D eigenvalue weighted by molar-refractivity contribution is 7.80. The van der Waals surface area contributed by atoms with Crippen molar-refractivity contribution in [2.75, 3.05) is 0 Å². The number of amides is 1. The predicted octanol–water partition coefficient (Wildman–Crippen LogP) is 3.31. The van der Waals surface area contributed by atoms with Gasteiger partial charge in [0.1, 0.15) is 0 Å². The minimum Gasteiger partial charge on any atom is -0.392 e. The second kappa shape index (κ2) is 7.83. The lowest BCUT2D eigenvalue weighted by molar-refractivity contribution is -0.129. The standard InChI is InChI=1S/C15H28N2OS/c1-3-4-6-9-12(2)17-14(18)15(13(16)19)10-7-5-8-11-15/h12H,3-11H2,1-2H3,(H2,16,19)(H,17,18). The molecule has 1 atom stereocenters. The van der Waals surface area contributed by atoms with Gasteiger partial charge in [-0.3, -0.25) is 4.79 Å². The number of unbranched alkanes of at least 4 members (excludes halogenated alkanes) is 2. The van der Waals surface area contributed by atoms with Gasteiger partial charge in [0.2, 0.25) is 5.91 Å². The second-order valence-electron chi connectivity index (χ2n) is 5.88. The van der Waals surface area contributed by atoms with Gasteiger partial charge in [0.15, 0.2) is 0 Å². The molecule has 1 amide bonds.